The van der Waals surface area contributed by atoms with Crippen molar-refractivity contribution in [1.82, 2.24) is 54.9 Å². The summed E-state index contributed by atoms with van der Waals surface area (Å²) in [4.78, 5) is 46.1. The summed E-state index contributed by atoms with van der Waals surface area (Å²) in [5.41, 5.74) is 5.68. The molecule has 6 aromatic rings. The number of aliphatic hydroxyl groups is 1. The van der Waals surface area contributed by atoms with E-state index in [-0.39, 0.29) is 61.0 Å². The Morgan fingerprint density at radius 2 is 0.958 bits per heavy atom. The van der Waals surface area contributed by atoms with Gasteiger partial charge in [-0.15, -0.1) is 27.7 Å². The zero-order valence-electron chi connectivity index (χ0n) is 41.5. The monoisotopic (exact) mass is 1010 g/mol. The minimum atomic E-state index is -1.03. The summed E-state index contributed by atoms with van der Waals surface area (Å²) in [5, 5.41) is 35.7. The van der Waals surface area contributed by atoms with Crippen molar-refractivity contribution < 1.29 is 72.6 Å². The van der Waals surface area contributed by atoms with Crippen LogP contribution < -0.4 is 43.7 Å². The van der Waals surface area contributed by atoms with Crippen molar-refractivity contribution in [1.29, 1.82) is 0 Å². The molecule has 2 saturated heterocycles. The number of hydrogen-bond donors (Lipinski definition) is 4. The molecule has 8 rings (SSSR count). The third-order valence-corrected chi connectivity index (χ3v) is 9.40. The first kappa shape index (κ1) is 61.0. The van der Waals surface area contributed by atoms with Gasteiger partial charge in [0, 0.05) is 79.7 Å². The summed E-state index contributed by atoms with van der Waals surface area (Å²) in [6, 6.07) is 17.2. The number of carbonyl (C=O) groups excluding carboxylic acids is 2. The summed E-state index contributed by atoms with van der Waals surface area (Å²) < 4.78 is 30.2. The molecule has 5 N–H and O–H groups in total. The maximum absolute atomic E-state index is 11.6. The van der Waals surface area contributed by atoms with E-state index in [2.05, 4.69) is 40.9 Å². The van der Waals surface area contributed by atoms with E-state index in [9.17, 15) is 14.4 Å². The molecule has 3 aromatic carbocycles. The molecule has 0 amide bonds. The first-order valence-corrected chi connectivity index (χ1v) is 21.6. The largest absolute Gasteiger partial charge is 1.00 e. The van der Waals surface area contributed by atoms with Gasteiger partial charge in [0.1, 0.15) is 42.3 Å². The Balaban J connectivity index is 0.000000346. The second-order valence-corrected chi connectivity index (χ2v) is 15.7. The molecule has 0 aliphatic carbocycles. The number of halogens is 1. The molecule has 0 saturated carbocycles. The molecular formula is C48H59ClLiN11O11. The fourth-order valence-corrected chi connectivity index (χ4v) is 5.93. The van der Waals surface area contributed by atoms with Crippen molar-refractivity contribution in [3.05, 3.63) is 108 Å². The number of methoxy groups -OCH3 is 3. The summed E-state index contributed by atoms with van der Waals surface area (Å²) >= 11 is 0. The van der Waals surface area contributed by atoms with Crippen molar-refractivity contribution in [2.45, 2.75) is 52.9 Å². The number of carbonyl (C=O) groups is 3. The zero-order chi connectivity index (χ0) is 49.9. The number of β-amino-alcohol motifs (C(OH)–C–C–N with tert-alkyl or cyclic N) is 1. The third kappa shape index (κ3) is 20.3. The van der Waals surface area contributed by atoms with E-state index in [1.807, 2.05) is 75.4 Å². The van der Waals surface area contributed by atoms with Crippen molar-refractivity contribution >= 4 is 48.9 Å². The number of aliphatic hydroxyl groups excluding tert-OH is 1. The molecule has 5 heterocycles. The number of esters is 2. The van der Waals surface area contributed by atoms with Gasteiger partial charge in [-0.2, -0.15) is 0 Å². The molecule has 0 unspecified atom stereocenters. The molecule has 0 atom stereocenters. The minimum absolute atomic E-state index is 0. The number of carboxylic acid groups (broad SMARTS) is 1. The van der Waals surface area contributed by atoms with Crippen molar-refractivity contribution in [2.24, 2.45) is 0 Å². The van der Waals surface area contributed by atoms with Crippen molar-refractivity contribution in [3.63, 3.8) is 0 Å². The molecular weight excluding hydrogens is 949 g/mol. The number of rotatable bonds is 14. The molecule has 380 valence electrons. The summed E-state index contributed by atoms with van der Waals surface area (Å²) in [7, 11) is 4.84. The van der Waals surface area contributed by atoms with Gasteiger partial charge in [-0.1, -0.05) is 0 Å². The summed E-state index contributed by atoms with van der Waals surface area (Å²) in [5.74, 6) is 2.04. The number of hydrogen-bond acceptors (Lipinski definition) is 18. The Morgan fingerprint density at radius 3 is 1.25 bits per heavy atom. The average Bonchev–Trinajstić information content (AvgIpc) is 4.10. The number of aromatic nitrogens is 9. The van der Waals surface area contributed by atoms with Crippen molar-refractivity contribution in [2.75, 3.05) is 47.5 Å². The van der Waals surface area contributed by atoms with Crippen LogP contribution in [-0.2, 0) is 23.9 Å². The van der Waals surface area contributed by atoms with E-state index in [1.54, 1.807) is 41.5 Å². The van der Waals surface area contributed by atoms with Gasteiger partial charge in [-0.3, -0.25) is 0 Å². The number of benzene rings is 3. The van der Waals surface area contributed by atoms with Gasteiger partial charge in [0.15, 0.2) is 17.5 Å². The van der Waals surface area contributed by atoms with Gasteiger partial charge in [0.05, 0.1) is 33.5 Å². The van der Waals surface area contributed by atoms with E-state index in [1.165, 1.54) is 57.5 Å². The van der Waals surface area contributed by atoms with Gasteiger partial charge in [-0.05, 0) is 106 Å². The van der Waals surface area contributed by atoms with Crippen LogP contribution >= 0.6 is 12.4 Å². The van der Waals surface area contributed by atoms with Crippen molar-refractivity contribution in [3.8, 4) is 51.4 Å². The normalized spacial score (nSPS) is 12.8. The minimum Gasteiger partial charge on any atom is -0.870 e. The van der Waals surface area contributed by atoms with E-state index in [0.29, 0.717) is 30.6 Å². The fraction of sp³-hybridized carbons (Fsp3) is 0.312. The van der Waals surface area contributed by atoms with E-state index in [4.69, 9.17) is 33.9 Å². The number of carboxylic acids is 1. The maximum Gasteiger partial charge on any atom is 1.00 e. The van der Waals surface area contributed by atoms with Crippen LogP contribution in [0.25, 0.3) is 52.8 Å². The Bertz CT molecular complexity index is 2750. The Hall–Kier alpha value is -7.16. The molecule has 3 aromatic heterocycles. The van der Waals surface area contributed by atoms with Crippen LogP contribution in [0.15, 0.2) is 91.8 Å². The van der Waals surface area contributed by atoms with Crippen LogP contribution in [0, 0.1) is 20.8 Å². The molecule has 24 heteroatoms. The first-order valence-electron chi connectivity index (χ1n) is 21.6. The van der Waals surface area contributed by atoms with Crippen LogP contribution in [0.2, 0.25) is 0 Å². The maximum atomic E-state index is 11.6. The van der Waals surface area contributed by atoms with Crippen LogP contribution in [-0.4, -0.2) is 144 Å². The predicted octanol–water partition coefficient (Wildman–Crippen LogP) is 1.95. The quantitative estimate of drug-likeness (QED) is 0.0689. The van der Waals surface area contributed by atoms with E-state index < -0.39 is 11.9 Å². The van der Waals surface area contributed by atoms with Gasteiger partial charge >= 0.3 is 36.8 Å². The predicted molar refractivity (Wildman–Crippen MR) is 266 cm³/mol. The first-order chi connectivity index (χ1) is 33.1. The Morgan fingerprint density at radius 1 is 0.611 bits per heavy atom. The van der Waals surface area contributed by atoms with Crippen LogP contribution in [0.1, 0.15) is 30.5 Å². The van der Waals surface area contributed by atoms with Gasteiger partial charge in [0.2, 0.25) is 0 Å². The molecule has 0 bridgehead atoms. The second kappa shape index (κ2) is 30.5. The second-order valence-electron chi connectivity index (χ2n) is 15.7. The molecule has 0 radical (unpaired) electrons. The van der Waals surface area contributed by atoms with Gasteiger partial charge in [0.25, 0.3) is 0 Å². The molecule has 0 spiro atoms. The van der Waals surface area contributed by atoms with Gasteiger partial charge < -0.3 is 50.0 Å². The van der Waals surface area contributed by atoms with Crippen LogP contribution in [0.5, 0.6) is 17.2 Å². The fourth-order valence-electron chi connectivity index (χ4n) is 5.93. The zero-order valence-corrected chi connectivity index (χ0v) is 42.3. The summed E-state index contributed by atoms with van der Waals surface area (Å²) in [6.07, 6.45) is 12.3. The van der Waals surface area contributed by atoms with Gasteiger partial charge in [-0.25, -0.2) is 43.4 Å². The number of nitrogens with one attached hydrogen (secondary N) is 2. The van der Waals surface area contributed by atoms with Crippen LogP contribution in [0.4, 0.5) is 0 Å². The SMILES string of the molecule is COc1cc(C)cc(-c2ncn(/C=C\C(=O)O)n2)c1.COc1cc(C)cc(-c2ncn(/C=C\C(=O)OC(C)C)n2)c1.COc1cc(C)cc(-c2ncn(/C=C\C(=O)OC3CNC3)n2)c1.Cl.OC1CNC1.[Li+].[OH-]. The standard InChI is InChI=1S/C16H18N4O3.C16H19N3O3.C13H13N3O3.C3H7NO.ClH.Li.H2O/c1-11-5-12(7-13(6-11)22-2)16-18-10-20(19-16)4-3-15(21)23-14-8-17-9-14;1-11(2)22-15(20)5-6-19-10-17-16(18-19)13-7-12(3)8-14(9-13)21-4;1-9-5-10(7-11(6-9)19-2)13-14-8-16(15-13)4-3-12(17)18;5-3-1-4-2-3;;;/h3-7,10,14,17H,8-9H2,1-2H3;5-11H,1-4H3;3-8H,1-2H3,(H,17,18);3-5H,1-2H2;1H;;1H2/q;;;;;+1;/p-1/b4-3-;6-5-;4-3-;;;;. The third-order valence-electron chi connectivity index (χ3n) is 9.40. The average molecular weight is 1010 g/mol. The Labute approximate surface area is 435 Å². The number of ether oxygens (including phenoxy) is 5. The van der Waals surface area contributed by atoms with E-state index >= 15 is 0 Å². The number of nitrogens with zero attached hydrogens (tertiary/aromatic N) is 9. The topological polar surface area (TPSA) is 284 Å². The Kier molecular flexibility index (Phi) is 25.9. The van der Waals surface area contributed by atoms with E-state index in [0.717, 1.165) is 69.8 Å². The summed E-state index contributed by atoms with van der Waals surface area (Å²) in [6.45, 7) is 12.5. The molecule has 2 aliphatic rings. The molecule has 2 fully saturated rings. The van der Waals surface area contributed by atoms with Crippen LogP contribution in [0.3, 0.4) is 0 Å². The molecule has 2 aliphatic heterocycles. The smallest absolute Gasteiger partial charge is 0.870 e. The molecule has 22 nitrogen and oxygen atoms in total. The molecule has 72 heavy (non-hydrogen) atoms. The number of aliphatic carboxylic acids is 1. The number of aryl methyl sites for hydroxylation is 3.